The van der Waals surface area contributed by atoms with E-state index < -0.39 is 0 Å². The highest BCUT2D eigenvalue weighted by Gasteiger charge is 2.26. The predicted octanol–water partition coefficient (Wildman–Crippen LogP) is 4.77. The molecule has 3 aromatic rings. The van der Waals surface area contributed by atoms with Gasteiger partial charge < -0.3 is 10.1 Å². The molecule has 0 radical (unpaired) electrons. The minimum Gasteiger partial charge on any atom is -0.376 e. The first kappa shape index (κ1) is 17.9. The number of nitrogens with zero attached hydrogens (tertiary/aromatic N) is 1. The highest BCUT2D eigenvalue weighted by atomic mass is 32.1. The summed E-state index contributed by atoms with van der Waals surface area (Å²) >= 11 is 1.44. The Bertz CT molecular complexity index is 903. The van der Waals surface area contributed by atoms with E-state index in [9.17, 15) is 4.79 Å². The fourth-order valence-corrected chi connectivity index (χ4v) is 4.33. The zero-order chi connectivity index (χ0) is 18.6. The van der Waals surface area contributed by atoms with Gasteiger partial charge in [0, 0.05) is 17.7 Å². The van der Waals surface area contributed by atoms with Crippen LogP contribution >= 0.6 is 11.3 Å². The van der Waals surface area contributed by atoms with Crippen LogP contribution in [0.25, 0.3) is 21.8 Å². The molecule has 0 aliphatic carbocycles. The van der Waals surface area contributed by atoms with Gasteiger partial charge in [0.05, 0.1) is 17.8 Å². The number of carbonyl (C=O) groups is 1. The molecule has 0 spiro atoms. The monoisotopic (exact) mass is 378 g/mol. The number of benzene rings is 2. The number of rotatable bonds is 5. The van der Waals surface area contributed by atoms with Gasteiger partial charge in [0.25, 0.3) is 5.91 Å². The Morgan fingerprint density at radius 1 is 1.11 bits per heavy atom. The van der Waals surface area contributed by atoms with Crippen molar-refractivity contribution in [1.82, 2.24) is 10.3 Å². The average Bonchev–Trinajstić information content (AvgIpc) is 3.40. The molecule has 5 heteroatoms. The molecule has 2 aromatic carbocycles. The molecule has 2 heterocycles. The predicted molar refractivity (Wildman–Crippen MR) is 109 cm³/mol. The fraction of sp³-hybridized carbons (Fsp3) is 0.273. The summed E-state index contributed by atoms with van der Waals surface area (Å²) in [6.07, 6.45) is 2.14. The zero-order valence-corrected chi connectivity index (χ0v) is 16.0. The van der Waals surface area contributed by atoms with Crippen molar-refractivity contribution in [3.8, 4) is 21.8 Å². The Balaban J connectivity index is 1.67. The van der Waals surface area contributed by atoms with Crippen LogP contribution in [0.4, 0.5) is 0 Å². The lowest BCUT2D eigenvalue weighted by Gasteiger charge is -2.19. The van der Waals surface area contributed by atoms with Crippen LogP contribution in [0.5, 0.6) is 0 Å². The third-order valence-electron chi connectivity index (χ3n) is 4.78. The first-order chi connectivity index (χ1) is 13.2. The summed E-state index contributed by atoms with van der Waals surface area (Å²) in [5.41, 5.74) is 2.70. The summed E-state index contributed by atoms with van der Waals surface area (Å²) in [6, 6.07) is 19.8. The smallest absolute Gasteiger partial charge is 0.263 e. The van der Waals surface area contributed by atoms with E-state index in [1.165, 1.54) is 11.3 Å². The van der Waals surface area contributed by atoms with Gasteiger partial charge in [-0.25, -0.2) is 4.98 Å². The lowest BCUT2D eigenvalue weighted by atomic mass is 10.1. The molecule has 4 nitrogen and oxygen atoms in total. The Hall–Kier alpha value is -2.50. The van der Waals surface area contributed by atoms with E-state index in [1.54, 1.807) is 0 Å². The van der Waals surface area contributed by atoms with Crippen LogP contribution in [0.15, 0.2) is 60.7 Å². The lowest BCUT2D eigenvalue weighted by molar-refractivity contribution is 0.0715. The normalized spacial score (nSPS) is 17.6. The van der Waals surface area contributed by atoms with Crippen molar-refractivity contribution < 1.29 is 9.53 Å². The Labute approximate surface area is 163 Å². The first-order valence-corrected chi connectivity index (χ1v) is 10.1. The average molecular weight is 378 g/mol. The summed E-state index contributed by atoms with van der Waals surface area (Å²) in [5, 5.41) is 3.97. The number of hydrogen-bond acceptors (Lipinski definition) is 4. The van der Waals surface area contributed by atoms with Crippen molar-refractivity contribution in [2.24, 2.45) is 0 Å². The number of amides is 1. The minimum atomic E-state index is -0.0865. The van der Waals surface area contributed by atoms with E-state index in [0.29, 0.717) is 4.88 Å². The van der Waals surface area contributed by atoms with Crippen LogP contribution in [-0.4, -0.2) is 29.6 Å². The van der Waals surface area contributed by atoms with Gasteiger partial charge in [-0.1, -0.05) is 60.7 Å². The van der Waals surface area contributed by atoms with Gasteiger partial charge in [-0.05, 0) is 19.8 Å². The van der Waals surface area contributed by atoms with Gasteiger partial charge in [-0.2, -0.15) is 0 Å². The quantitative estimate of drug-likeness (QED) is 0.695. The zero-order valence-electron chi connectivity index (χ0n) is 15.2. The van der Waals surface area contributed by atoms with Gasteiger partial charge in [0.15, 0.2) is 0 Å². The standard InChI is InChI=1S/C22H22N2O2S/c1-15(18-13-8-14-26-18)23-21(25)20-19(16-9-4-2-5-10-16)24-22(27-20)17-11-6-3-7-12-17/h2-7,9-12,15,18H,8,13-14H2,1H3,(H,23,25). The largest absolute Gasteiger partial charge is 0.376 e. The maximum atomic E-state index is 13.1. The summed E-state index contributed by atoms with van der Waals surface area (Å²) in [6.45, 7) is 2.79. The SMILES string of the molecule is CC(NC(=O)c1sc(-c2ccccc2)nc1-c1ccccc1)C1CCCO1. The molecule has 1 aromatic heterocycles. The maximum Gasteiger partial charge on any atom is 0.263 e. The topological polar surface area (TPSA) is 51.2 Å². The van der Waals surface area contributed by atoms with Crippen molar-refractivity contribution in [2.75, 3.05) is 6.61 Å². The molecule has 1 aliphatic rings. The molecule has 2 unspecified atom stereocenters. The number of nitrogens with one attached hydrogen (secondary N) is 1. The van der Waals surface area contributed by atoms with Crippen molar-refractivity contribution in [3.05, 3.63) is 65.5 Å². The third kappa shape index (κ3) is 3.94. The van der Waals surface area contributed by atoms with Crippen LogP contribution in [-0.2, 0) is 4.74 Å². The Morgan fingerprint density at radius 2 is 1.78 bits per heavy atom. The van der Waals surface area contributed by atoms with Crippen LogP contribution in [0.1, 0.15) is 29.4 Å². The molecular formula is C22H22N2O2S. The van der Waals surface area contributed by atoms with E-state index in [1.807, 2.05) is 67.6 Å². The molecule has 1 N–H and O–H groups in total. The first-order valence-electron chi connectivity index (χ1n) is 9.26. The van der Waals surface area contributed by atoms with Crippen molar-refractivity contribution in [2.45, 2.75) is 31.9 Å². The maximum absolute atomic E-state index is 13.1. The molecule has 138 valence electrons. The highest BCUT2D eigenvalue weighted by Crippen LogP contribution is 2.34. The number of hydrogen-bond donors (Lipinski definition) is 1. The lowest BCUT2D eigenvalue weighted by Crippen LogP contribution is -2.40. The van der Waals surface area contributed by atoms with Gasteiger partial charge in [0.1, 0.15) is 9.88 Å². The van der Waals surface area contributed by atoms with Crippen LogP contribution in [0.2, 0.25) is 0 Å². The number of ether oxygens (including phenoxy) is 1. The molecule has 27 heavy (non-hydrogen) atoms. The second-order valence-electron chi connectivity index (χ2n) is 6.74. The Kier molecular flexibility index (Phi) is 5.32. The summed E-state index contributed by atoms with van der Waals surface area (Å²) < 4.78 is 5.71. The second kappa shape index (κ2) is 8.03. The van der Waals surface area contributed by atoms with E-state index in [0.717, 1.165) is 41.3 Å². The van der Waals surface area contributed by atoms with Crippen LogP contribution in [0.3, 0.4) is 0 Å². The highest BCUT2D eigenvalue weighted by molar-refractivity contribution is 7.17. The molecule has 0 saturated carbocycles. The fourth-order valence-electron chi connectivity index (χ4n) is 3.33. The molecule has 1 fully saturated rings. The van der Waals surface area contributed by atoms with Crippen LogP contribution < -0.4 is 5.32 Å². The van der Waals surface area contributed by atoms with Crippen molar-refractivity contribution >= 4 is 17.2 Å². The van der Waals surface area contributed by atoms with E-state index in [2.05, 4.69) is 5.32 Å². The number of thiazole rings is 1. The van der Waals surface area contributed by atoms with Gasteiger partial charge in [0.2, 0.25) is 0 Å². The van der Waals surface area contributed by atoms with Gasteiger partial charge >= 0.3 is 0 Å². The summed E-state index contributed by atoms with van der Waals surface area (Å²) in [5.74, 6) is -0.0865. The van der Waals surface area contributed by atoms with E-state index in [-0.39, 0.29) is 18.1 Å². The third-order valence-corrected chi connectivity index (χ3v) is 5.89. The molecule has 2 atom stereocenters. The molecule has 0 bridgehead atoms. The summed E-state index contributed by atoms with van der Waals surface area (Å²) in [7, 11) is 0. The van der Waals surface area contributed by atoms with E-state index >= 15 is 0 Å². The second-order valence-corrected chi connectivity index (χ2v) is 7.74. The number of carbonyl (C=O) groups excluding carboxylic acids is 1. The molecule has 4 rings (SSSR count). The number of aromatic nitrogens is 1. The van der Waals surface area contributed by atoms with Gasteiger partial charge in [-0.3, -0.25) is 4.79 Å². The van der Waals surface area contributed by atoms with Crippen LogP contribution in [0, 0.1) is 0 Å². The van der Waals surface area contributed by atoms with E-state index in [4.69, 9.17) is 9.72 Å². The minimum absolute atomic E-state index is 0.0223. The molecule has 1 aliphatic heterocycles. The summed E-state index contributed by atoms with van der Waals surface area (Å²) in [4.78, 5) is 18.5. The van der Waals surface area contributed by atoms with Crippen molar-refractivity contribution in [1.29, 1.82) is 0 Å². The molecule has 1 amide bonds. The Morgan fingerprint density at radius 3 is 2.41 bits per heavy atom. The van der Waals surface area contributed by atoms with Gasteiger partial charge in [-0.15, -0.1) is 11.3 Å². The molecular weight excluding hydrogens is 356 g/mol. The van der Waals surface area contributed by atoms with Crippen molar-refractivity contribution in [3.63, 3.8) is 0 Å². The molecule has 1 saturated heterocycles.